The minimum atomic E-state index is -4.46. The van der Waals surface area contributed by atoms with E-state index in [-0.39, 0.29) is 30.1 Å². The Bertz CT molecular complexity index is 583. The van der Waals surface area contributed by atoms with Crippen LogP contribution >= 0.6 is 0 Å². The Hall–Kier alpha value is -1.57. The Morgan fingerprint density at radius 3 is 2.77 bits per heavy atom. The molecule has 0 aromatic carbocycles. The summed E-state index contributed by atoms with van der Waals surface area (Å²) in [6.45, 7) is -0.165. The Labute approximate surface area is 126 Å². The van der Waals surface area contributed by atoms with E-state index in [1.807, 2.05) is 0 Å². The van der Waals surface area contributed by atoms with Crippen LogP contribution in [0.2, 0.25) is 0 Å². The van der Waals surface area contributed by atoms with Gasteiger partial charge in [0.15, 0.2) is 0 Å². The highest BCUT2D eigenvalue weighted by atomic mass is 19.4. The smallest absolute Gasteiger partial charge is 0.350 e. The van der Waals surface area contributed by atoms with Crippen molar-refractivity contribution in [2.24, 2.45) is 30.5 Å². The van der Waals surface area contributed by atoms with E-state index in [2.05, 4.69) is 10.4 Å². The molecule has 0 aliphatic heterocycles. The van der Waals surface area contributed by atoms with Crippen LogP contribution in [-0.4, -0.2) is 21.7 Å². The van der Waals surface area contributed by atoms with Crippen LogP contribution in [0.3, 0.4) is 0 Å². The molecule has 3 N–H and O–H groups in total. The fourth-order valence-electron chi connectivity index (χ4n) is 3.72. The topological polar surface area (TPSA) is 72.9 Å². The molecule has 2 saturated carbocycles. The molecule has 2 aliphatic rings. The van der Waals surface area contributed by atoms with E-state index in [1.54, 1.807) is 0 Å². The first-order valence-electron chi connectivity index (χ1n) is 7.38. The number of hydrogen-bond acceptors (Lipinski definition) is 3. The monoisotopic (exact) mass is 316 g/mol. The summed E-state index contributed by atoms with van der Waals surface area (Å²) in [6.07, 6.45) is -1.19. The van der Waals surface area contributed by atoms with E-state index in [9.17, 15) is 18.0 Å². The maximum atomic E-state index is 12.9. The Kier molecular flexibility index (Phi) is 3.66. The van der Waals surface area contributed by atoms with Crippen molar-refractivity contribution >= 4 is 5.91 Å². The quantitative estimate of drug-likeness (QED) is 0.886. The third kappa shape index (κ3) is 2.60. The molecule has 8 heteroatoms. The standard InChI is InChI=1S/C14H19F3N4O/c1-21-12(10(5-20-21)14(15,16)17)6-19-13(22)8-2-7-4-11(18)9(7)3-8/h5,7-9,11H,2-4,6,18H2,1H3,(H,19,22)/t7-,8?,9-,11+/m1/s1. The van der Waals surface area contributed by atoms with Crippen molar-refractivity contribution in [2.75, 3.05) is 0 Å². The highest BCUT2D eigenvalue weighted by molar-refractivity contribution is 5.79. The highest BCUT2D eigenvalue weighted by Crippen LogP contribution is 2.48. The molecule has 4 atom stereocenters. The van der Waals surface area contributed by atoms with Gasteiger partial charge in [-0.15, -0.1) is 0 Å². The van der Waals surface area contributed by atoms with Crippen molar-refractivity contribution in [1.29, 1.82) is 0 Å². The Morgan fingerprint density at radius 1 is 1.45 bits per heavy atom. The molecular formula is C14H19F3N4O. The van der Waals surface area contributed by atoms with Gasteiger partial charge in [0.1, 0.15) is 0 Å². The molecule has 1 amide bonds. The molecule has 1 aromatic rings. The van der Waals surface area contributed by atoms with E-state index in [4.69, 9.17) is 5.73 Å². The second-order valence-corrected chi connectivity index (χ2v) is 6.34. The largest absolute Gasteiger partial charge is 0.419 e. The van der Waals surface area contributed by atoms with Crippen molar-refractivity contribution in [3.63, 3.8) is 0 Å². The Balaban J connectivity index is 1.61. The number of aromatic nitrogens is 2. The summed E-state index contributed by atoms with van der Waals surface area (Å²) in [5.74, 6) is 0.591. The first-order valence-corrected chi connectivity index (χ1v) is 7.38. The lowest BCUT2D eigenvalue weighted by molar-refractivity contribution is -0.138. The molecule has 0 bridgehead atoms. The molecule has 1 heterocycles. The zero-order valence-electron chi connectivity index (χ0n) is 12.2. The van der Waals surface area contributed by atoms with Crippen molar-refractivity contribution in [1.82, 2.24) is 15.1 Å². The molecule has 0 spiro atoms. The summed E-state index contributed by atoms with van der Waals surface area (Å²) < 4.78 is 39.7. The summed E-state index contributed by atoms with van der Waals surface area (Å²) in [4.78, 5) is 12.2. The lowest BCUT2D eigenvalue weighted by atomic mass is 9.72. The van der Waals surface area contributed by atoms with Crippen LogP contribution in [0.15, 0.2) is 6.20 Å². The van der Waals surface area contributed by atoms with Crippen LogP contribution in [0.4, 0.5) is 13.2 Å². The number of aryl methyl sites for hydroxylation is 1. The maximum absolute atomic E-state index is 12.9. The molecule has 22 heavy (non-hydrogen) atoms. The van der Waals surface area contributed by atoms with Gasteiger partial charge in [0.05, 0.1) is 24.0 Å². The van der Waals surface area contributed by atoms with Crippen molar-refractivity contribution in [3.05, 3.63) is 17.5 Å². The summed E-state index contributed by atoms with van der Waals surface area (Å²) in [7, 11) is 1.44. The van der Waals surface area contributed by atoms with Crippen molar-refractivity contribution < 1.29 is 18.0 Å². The van der Waals surface area contributed by atoms with E-state index in [0.717, 1.165) is 30.1 Å². The van der Waals surface area contributed by atoms with Gasteiger partial charge < -0.3 is 11.1 Å². The van der Waals surface area contributed by atoms with Gasteiger partial charge in [-0.05, 0) is 31.1 Å². The molecule has 2 aliphatic carbocycles. The number of halogens is 3. The molecule has 2 fully saturated rings. The predicted octanol–water partition coefficient (Wildman–Crippen LogP) is 1.43. The van der Waals surface area contributed by atoms with Gasteiger partial charge in [-0.2, -0.15) is 18.3 Å². The van der Waals surface area contributed by atoms with Crippen LogP contribution in [0, 0.1) is 17.8 Å². The highest BCUT2D eigenvalue weighted by Gasteiger charge is 2.47. The van der Waals surface area contributed by atoms with Crippen LogP contribution in [0.25, 0.3) is 0 Å². The summed E-state index contributed by atoms with van der Waals surface area (Å²) in [6, 6.07) is 0.178. The van der Waals surface area contributed by atoms with E-state index in [0.29, 0.717) is 11.8 Å². The number of nitrogens with one attached hydrogen (secondary N) is 1. The van der Waals surface area contributed by atoms with E-state index >= 15 is 0 Å². The number of carbonyl (C=O) groups excluding carboxylic acids is 1. The predicted molar refractivity (Wildman–Crippen MR) is 72.4 cm³/mol. The number of nitrogens with zero attached hydrogens (tertiary/aromatic N) is 2. The third-order valence-corrected chi connectivity index (χ3v) is 5.04. The number of hydrogen-bond donors (Lipinski definition) is 2. The first kappa shape index (κ1) is 15.3. The summed E-state index contributed by atoms with van der Waals surface area (Å²) in [5, 5.41) is 6.25. The molecular weight excluding hydrogens is 297 g/mol. The summed E-state index contributed by atoms with van der Waals surface area (Å²) in [5.41, 5.74) is 5.07. The zero-order valence-corrected chi connectivity index (χ0v) is 12.2. The lowest BCUT2D eigenvalue weighted by Gasteiger charge is -2.37. The molecule has 5 nitrogen and oxygen atoms in total. The minimum absolute atomic E-state index is 0.0291. The van der Waals surface area contributed by atoms with Gasteiger partial charge in [0.2, 0.25) is 5.91 Å². The van der Waals surface area contributed by atoms with Gasteiger partial charge in [-0.25, -0.2) is 0 Å². The van der Waals surface area contributed by atoms with Crippen molar-refractivity contribution in [3.8, 4) is 0 Å². The third-order valence-electron chi connectivity index (χ3n) is 5.04. The van der Waals surface area contributed by atoms with Gasteiger partial charge in [0.25, 0.3) is 0 Å². The van der Waals surface area contributed by atoms with E-state index < -0.39 is 11.7 Å². The number of fused-ring (bicyclic) bond motifs is 1. The number of alkyl halides is 3. The number of nitrogens with two attached hydrogens (primary N) is 1. The summed E-state index contributed by atoms with van der Waals surface area (Å²) >= 11 is 0. The molecule has 0 radical (unpaired) electrons. The molecule has 0 saturated heterocycles. The van der Waals surface area contributed by atoms with Crippen LogP contribution in [-0.2, 0) is 24.6 Å². The second-order valence-electron chi connectivity index (χ2n) is 6.34. The molecule has 122 valence electrons. The fraction of sp³-hybridized carbons (Fsp3) is 0.714. The minimum Gasteiger partial charge on any atom is -0.350 e. The Morgan fingerprint density at radius 2 is 2.18 bits per heavy atom. The molecule has 1 aromatic heterocycles. The molecule has 3 rings (SSSR count). The van der Waals surface area contributed by atoms with Crippen LogP contribution in [0.1, 0.15) is 30.5 Å². The second kappa shape index (κ2) is 5.26. The van der Waals surface area contributed by atoms with Crippen LogP contribution < -0.4 is 11.1 Å². The number of rotatable bonds is 3. The number of carbonyl (C=O) groups is 1. The zero-order chi connectivity index (χ0) is 16.1. The van der Waals surface area contributed by atoms with Crippen molar-refractivity contribution in [2.45, 2.75) is 38.0 Å². The average molecular weight is 316 g/mol. The number of amides is 1. The first-order chi connectivity index (χ1) is 10.3. The lowest BCUT2D eigenvalue weighted by Crippen LogP contribution is -2.44. The van der Waals surface area contributed by atoms with E-state index in [1.165, 1.54) is 7.05 Å². The average Bonchev–Trinajstić information content (AvgIpc) is 2.96. The molecule has 1 unspecified atom stereocenters. The van der Waals surface area contributed by atoms with Crippen LogP contribution in [0.5, 0.6) is 0 Å². The van der Waals surface area contributed by atoms with Gasteiger partial charge in [0, 0.05) is 19.0 Å². The van der Waals surface area contributed by atoms with Gasteiger partial charge in [-0.1, -0.05) is 0 Å². The fourth-order valence-corrected chi connectivity index (χ4v) is 3.72. The van der Waals surface area contributed by atoms with Gasteiger partial charge >= 0.3 is 6.18 Å². The van der Waals surface area contributed by atoms with Gasteiger partial charge in [-0.3, -0.25) is 9.48 Å². The SMILES string of the molecule is Cn1ncc(C(F)(F)F)c1CNC(=O)C1C[C@@H]2C[C@H](N)[C@@H]2C1. The normalized spacial score (nSPS) is 30.8. The maximum Gasteiger partial charge on any atom is 0.419 e.